The number of hydrogen-bond donors (Lipinski definition) is 0. The molecular formula is C25H30ClFO6S. The van der Waals surface area contributed by atoms with Crippen molar-refractivity contribution in [2.75, 3.05) is 26.4 Å². The molecule has 1 heterocycles. The first-order chi connectivity index (χ1) is 16.5. The van der Waals surface area contributed by atoms with Crippen LogP contribution in [0.4, 0.5) is 4.39 Å². The number of terminal acetylenes is 1. The molecule has 0 amide bonds. The highest BCUT2D eigenvalue weighted by Crippen LogP contribution is 2.42. The van der Waals surface area contributed by atoms with Gasteiger partial charge in [0.25, 0.3) is 0 Å². The van der Waals surface area contributed by atoms with Crippen molar-refractivity contribution >= 4 is 29.6 Å². The van der Waals surface area contributed by atoms with E-state index in [1.54, 1.807) is 19.1 Å². The summed E-state index contributed by atoms with van der Waals surface area (Å²) in [6.07, 6.45) is 10.6. The van der Waals surface area contributed by atoms with Crippen LogP contribution in [0.3, 0.4) is 0 Å². The highest BCUT2D eigenvalue weighted by molar-refractivity contribution is 7.99. The predicted molar refractivity (Wildman–Crippen MR) is 129 cm³/mol. The lowest BCUT2D eigenvalue weighted by Crippen LogP contribution is -2.37. The molecule has 1 fully saturated rings. The zero-order chi connectivity index (χ0) is 24.4. The van der Waals surface area contributed by atoms with Crippen molar-refractivity contribution in [2.45, 2.75) is 61.9 Å². The molecule has 2 aliphatic rings. The van der Waals surface area contributed by atoms with Crippen LogP contribution in [0.5, 0.6) is 5.75 Å². The van der Waals surface area contributed by atoms with Gasteiger partial charge in [-0.05, 0) is 38.3 Å². The van der Waals surface area contributed by atoms with E-state index < -0.39 is 17.6 Å². The number of unbranched alkanes of at least 4 members (excludes halogenated alkanes) is 2. The first-order valence-corrected chi connectivity index (χ1v) is 12.8. The fraction of sp³-hybridized carbons (Fsp3) is 0.560. The molecule has 186 valence electrons. The first kappa shape index (κ1) is 26.8. The topological polar surface area (TPSA) is 63.2 Å². The molecule has 1 saturated heterocycles. The van der Waals surface area contributed by atoms with Crippen LogP contribution in [-0.4, -0.2) is 49.5 Å². The largest absolute Gasteiger partial charge is 0.463 e. The number of rotatable bonds is 12. The van der Waals surface area contributed by atoms with Gasteiger partial charge in [-0.15, -0.1) is 24.1 Å². The summed E-state index contributed by atoms with van der Waals surface area (Å²) in [5.41, 5.74) is 1.24. The maximum Gasteiger partial charge on any atom is 0.335 e. The summed E-state index contributed by atoms with van der Waals surface area (Å²) in [6.45, 7) is 3.46. The number of halogens is 2. The maximum atomic E-state index is 13.5. The average Bonchev–Trinajstić information content (AvgIpc) is 3.23. The van der Waals surface area contributed by atoms with Crippen molar-refractivity contribution in [3.05, 3.63) is 41.2 Å². The molecule has 6 nitrogen and oxygen atoms in total. The van der Waals surface area contributed by atoms with E-state index in [2.05, 4.69) is 5.92 Å². The Labute approximate surface area is 209 Å². The second kappa shape index (κ2) is 13.4. The van der Waals surface area contributed by atoms with E-state index >= 15 is 0 Å². The van der Waals surface area contributed by atoms with Crippen molar-refractivity contribution in [1.29, 1.82) is 0 Å². The van der Waals surface area contributed by atoms with Gasteiger partial charge in [-0.2, -0.15) is 0 Å². The summed E-state index contributed by atoms with van der Waals surface area (Å²) in [7, 11) is 0. The van der Waals surface area contributed by atoms with Gasteiger partial charge in [0.1, 0.15) is 23.8 Å². The van der Waals surface area contributed by atoms with Gasteiger partial charge >= 0.3 is 5.97 Å². The minimum atomic E-state index is -0.961. The van der Waals surface area contributed by atoms with Crippen LogP contribution in [0.1, 0.15) is 44.6 Å². The molecule has 0 bridgehead atoms. The van der Waals surface area contributed by atoms with Crippen LogP contribution in [0, 0.1) is 18.2 Å². The predicted octanol–water partition coefficient (Wildman–Crippen LogP) is 5.18. The van der Waals surface area contributed by atoms with E-state index in [1.807, 2.05) is 0 Å². The zero-order valence-corrected chi connectivity index (χ0v) is 20.8. The highest BCUT2D eigenvalue weighted by Gasteiger charge is 2.45. The highest BCUT2D eigenvalue weighted by atomic mass is 35.5. The lowest BCUT2D eigenvalue weighted by molar-refractivity contribution is -0.150. The molecule has 3 unspecified atom stereocenters. The molecule has 3 rings (SSSR count). The lowest BCUT2D eigenvalue weighted by Gasteiger charge is -2.33. The molecule has 0 N–H and O–H groups in total. The molecule has 1 aromatic rings. The summed E-state index contributed by atoms with van der Waals surface area (Å²) >= 11 is 7.03. The number of carbonyl (C=O) groups is 1. The molecule has 9 heteroatoms. The third-order valence-electron chi connectivity index (χ3n) is 5.58. The van der Waals surface area contributed by atoms with Gasteiger partial charge in [-0.1, -0.05) is 6.07 Å². The van der Waals surface area contributed by atoms with Gasteiger partial charge in [0.15, 0.2) is 11.5 Å². The van der Waals surface area contributed by atoms with Gasteiger partial charge in [0.05, 0.1) is 25.4 Å². The van der Waals surface area contributed by atoms with Crippen molar-refractivity contribution in [1.82, 2.24) is 0 Å². The quantitative estimate of drug-likeness (QED) is 0.217. The van der Waals surface area contributed by atoms with Crippen LogP contribution in [0.25, 0.3) is 0 Å². The van der Waals surface area contributed by atoms with Crippen LogP contribution in [0.15, 0.2) is 29.8 Å². The smallest absolute Gasteiger partial charge is 0.335 e. The standard InChI is InChI=1S/C25H30ClFO6S/c1-3-5-6-7-12-29-15-20-16-31-25(32-20)11-10-23(21(14-25)24(28)30-4-2)34-17-18-8-9-19(27)13-22(18)33-26/h1,8-9,13-14,20,23H,4-7,10-12,15-17H2,2H3. The monoisotopic (exact) mass is 512 g/mol. The second-order valence-electron chi connectivity index (χ2n) is 8.09. The molecular weight excluding hydrogens is 483 g/mol. The van der Waals surface area contributed by atoms with E-state index in [0.717, 1.165) is 24.8 Å². The minimum absolute atomic E-state index is 0.142. The average molecular weight is 513 g/mol. The van der Waals surface area contributed by atoms with Gasteiger partial charge < -0.3 is 23.2 Å². The summed E-state index contributed by atoms with van der Waals surface area (Å²) in [4.78, 5) is 12.8. The van der Waals surface area contributed by atoms with E-state index in [0.29, 0.717) is 44.0 Å². The SMILES string of the molecule is C#CCCCCOCC1COC2(C=C(C(=O)OCC)C(SCc3ccc(F)cc3OCl)CC2)O1. The Morgan fingerprint density at radius 3 is 3.03 bits per heavy atom. The molecule has 1 spiro atoms. The van der Waals surface area contributed by atoms with E-state index in [-0.39, 0.29) is 23.7 Å². The van der Waals surface area contributed by atoms with Crippen molar-refractivity contribution < 1.29 is 32.4 Å². The second-order valence-corrected chi connectivity index (χ2v) is 9.43. The number of hydrogen-bond acceptors (Lipinski definition) is 7. The molecule has 0 aromatic heterocycles. The zero-order valence-electron chi connectivity index (χ0n) is 19.2. The van der Waals surface area contributed by atoms with Crippen molar-refractivity contribution in [3.8, 4) is 18.1 Å². The van der Waals surface area contributed by atoms with E-state index in [9.17, 15) is 9.18 Å². The minimum Gasteiger partial charge on any atom is -0.463 e. The fourth-order valence-corrected chi connectivity index (χ4v) is 5.29. The van der Waals surface area contributed by atoms with E-state index in [4.69, 9.17) is 41.5 Å². The Kier molecular flexibility index (Phi) is 10.5. The molecule has 1 aliphatic heterocycles. The Morgan fingerprint density at radius 1 is 1.41 bits per heavy atom. The van der Waals surface area contributed by atoms with Crippen molar-refractivity contribution in [3.63, 3.8) is 0 Å². The molecule has 1 aliphatic carbocycles. The summed E-state index contributed by atoms with van der Waals surface area (Å²) in [5, 5.41) is -0.142. The van der Waals surface area contributed by atoms with Gasteiger partial charge in [-0.3, -0.25) is 0 Å². The van der Waals surface area contributed by atoms with Gasteiger partial charge in [0.2, 0.25) is 0 Å². The van der Waals surface area contributed by atoms with Crippen LogP contribution in [0.2, 0.25) is 0 Å². The van der Waals surface area contributed by atoms with Crippen LogP contribution < -0.4 is 4.29 Å². The van der Waals surface area contributed by atoms with Gasteiger partial charge in [0, 0.05) is 42.1 Å². The molecule has 0 radical (unpaired) electrons. The molecule has 0 saturated carbocycles. The number of benzene rings is 1. The number of ether oxygens (including phenoxy) is 4. The number of carbonyl (C=O) groups excluding carboxylic acids is 1. The maximum absolute atomic E-state index is 13.5. The number of esters is 1. The lowest BCUT2D eigenvalue weighted by atomic mass is 9.94. The normalized spacial score (nSPS) is 24.0. The van der Waals surface area contributed by atoms with E-state index in [1.165, 1.54) is 23.9 Å². The number of thioether (sulfide) groups is 1. The van der Waals surface area contributed by atoms with Gasteiger partial charge in [-0.25, -0.2) is 9.18 Å². The molecule has 34 heavy (non-hydrogen) atoms. The molecule has 3 atom stereocenters. The third kappa shape index (κ3) is 7.37. The summed E-state index contributed by atoms with van der Waals surface area (Å²) in [6, 6.07) is 4.21. The Bertz CT molecular complexity index is 904. The summed E-state index contributed by atoms with van der Waals surface area (Å²) < 4.78 is 41.5. The Balaban J connectivity index is 1.63. The Hall–Kier alpha value is -1.76. The molecule has 1 aromatic carbocycles. The fourth-order valence-electron chi connectivity index (χ4n) is 3.90. The van der Waals surface area contributed by atoms with Crippen LogP contribution >= 0.6 is 23.6 Å². The van der Waals surface area contributed by atoms with Crippen LogP contribution in [-0.2, 0) is 29.5 Å². The third-order valence-corrected chi connectivity index (χ3v) is 7.12. The first-order valence-electron chi connectivity index (χ1n) is 11.4. The van der Waals surface area contributed by atoms with Crippen molar-refractivity contribution in [2.24, 2.45) is 0 Å². The Morgan fingerprint density at radius 2 is 2.26 bits per heavy atom. The summed E-state index contributed by atoms with van der Waals surface area (Å²) in [5.74, 6) is 1.57.